The van der Waals surface area contributed by atoms with Crippen LogP contribution < -0.4 is 9.64 Å². The summed E-state index contributed by atoms with van der Waals surface area (Å²) < 4.78 is 61.7. The first-order valence-electron chi connectivity index (χ1n) is 13.5. The Morgan fingerprint density at radius 2 is 1.87 bits per heavy atom. The van der Waals surface area contributed by atoms with E-state index in [2.05, 4.69) is 0 Å². The van der Waals surface area contributed by atoms with E-state index in [4.69, 9.17) is 4.74 Å². The van der Waals surface area contributed by atoms with Crippen molar-refractivity contribution < 1.29 is 32.2 Å². The third-order valence-corrected chi connectivity index (χ3v) is 11.1. The smallest absolute Gasteiger partial charge is 0.313 e. The van der Waals surface area contributed by atoms with Crippen LogP contribution in [0.5, 0.6) is 5.75 Å². The van der Waals surface area contributed by atoms with Crippen molar-refractivity contribution in [2.45, 2.75) is 78.3 Å². The molecule has 2 aromatic rings. The van der Waals surface area contributed by atoms with E-state index in [1.807, 2.05) is 11.0 Å². The van der Waals surface area contributed by atoms with Crippen LogP contribution in [0.2, 0.25) is 0 Å². The van der Waals surface area contributed by atoms with Crippen LogP contribution in [0.25, 0.3) is 0 Å². The highest BCUT2D eigenvalue weighted by Gasteiger charge is 2.53. The number of hydrogen-bond donors (Lipinski definition) is 1. The molecular formula is C29H31F4NO3S2. The maximum atomic E-state index is 15.6. The molecule has 1 aliphatic heterocycles. The van der Waals surface area contributed by atoms with Crippen molar-refractivity contribution in [1.82, 2.24) is 0 Å². The molecule has 0 saturated heterocycles. The molecule has 3 aliphatic carbocycles. The Hall–Kier alpha value is -2.07. The van der Waals surface area contributed by atoms with Crippen LogP contribution in [-0.2, 0) is 4.79 Å². The zero-order chi connectivity index (χ0) is 27.4. The topological polar surface area (TPSA) is 49.8 Å². The van der Waals surface area contributed by atoms with Crippen LogP contribution in [0.4, 0.5) is 28.9 Å². The number of halogens is 4. The summed E-state index contributed by atoms with van der Waals surface area (Å²) in [4.78, 5) is 15.1. The molecule has 39 heavy (non-hydrogen) atoms. The molecule has 2 aromatic carbocycles. The molecule has 2 unspecified atom stereocenters. The SMILES string of the molecule is O=C(O)C1(COc2cc3c(cc2SC2CC4(CC4)C2)N(c2ccc(F)cc2)CC(CCC(F)F)C(F)S3)CC1. The number of fused-ring (bicyclic) bond motifs is 1. The molecule has 1 N–H and O–H groups in total. The maximum Gasteiger partial charge on any atom is 0.313 e. The van der Waals surface area contributed by atoms with Gasteiger partial charge in [0, 0.05) is 34.7 Å². The number of hydrogen-bond acceptors (Lipinski definition) is 5. The number of alkyl halides is 3. The number of carboxylic acids is 1. The van der Waals surface area contributed by atoms with Crippen LogP contribution in [0.15, 0.2) is 46.2 Å². The molecule has 0 aromatic heterocycles. The normalized spacial score (nSPS) is 24.7. The Balaban J connectivity index is 1.36. The fourth-order valence-corrected chi connectivity index (χ4v) is 8.41. The van der Waals surface area contributed by atoms with E-state index in [0.29, 0.717) is 39.8 Å². The highest BCUT2D eigenvalue weighted by Crippen LogP contribution is 2.65. The van der Waals surface area contributed by atoms with Crippen molar-refractivity contribution in [2.24, 2.45) is 16.7 Å². The van der Waals surface area contributed by atoms with Crippen LogP contribution in [0.3, 0.4) is 0 Å². The molecule has 4 nitrogen and oxygen atoms in total. The van der Waals surface area contributed by atoms with E-state index in [-0.39, 0.29) is 19.6 Å². The van der Waals surface area contributed by atoms with Crippen molar-refractivity contribution in [2.75, 3.05) is 18.1 Å². The van der Waals surface area contributed by atoms with Gasteiger partial charge < -0.3 is 14.7 Å². The molecule has 1 heterocycles. The molecule has 2 atom stereocenters. The van der Waals surface area contributed by atoms with E-state index < -0.39 is 41.5 Å². The summed E-state index contributed by atoms with van der Waals surface area (Å²) in [6, 6.07) is 9.67. The second-order valence-electron chi connectivity index (χ2n) is 11.6. The molecule has 0 amide bonds. The number of rotatable bonds is 10. The lowest BCUT2D eigenvalue weighted by atomic mass is 9.81. The van der Waals surface area contributed by atoms with Gasteiger partial charge in [0.1, 0.15) is 23.6 Å². The first-order chi connectivity index (χ1) is 18.7. The molecule has 0 radical (unpaired) electrons. The number of anilines is 2. The van der Waals surface area contributed by atoms with Gasteiger partial charge in [-0.3, -0.25) is 4.79 Å². The number of benzene rings is 2. The van der Waals surface area contributed by atoms with Crippen molar-refractivity contribution in [1.29, 1.82) is 0 Å². The van der Waals surface area contributed by atoms with E-state index >= 15 is 4.39 Å². The summed E-state index contributed by atoms with van der Waals surface area (Å²) in [6.45, 7) is 0.226. The Morgan fingerprint density at radius 3 is 2.49 bits per heavy atom. The van der Waals surface area contributed by atoms with Crippen molar-refractivity contribution >= 4 is 40.9 Å². The predicted molar refractivity (Wildman–Crippen MR) is 145 cm³/mol. The van der Waals surface area contributed by atoms with Crippen LogP contribution in [-0.4, -0.2) is 41.4 Å². The number of nitrogens with zero attached hydrogens (tertiary/aromatic N) is 1. The van der Waals surface area contributed by atoms with Crippen LogP contribution in [0, 0.1) is 22.6 Å². The first-order valence-corrected chi connectivity index (χ1v) is 15.2. The predicted octanol–water partition coefficient (Wildman–Crippen LogP) is 8.30. The summed E-state index contributed by atoms with van der Waals surface area (Å²) in [5.74, 6) is -1.39. The van der Waals surface area contributed by atoms with Gasteiger partial charge in [0.2, 0.25) is 6.43 Å². The lowest BCUT2D eigenvalue weighted by molar-refractivity contribution is -0.144. The standard InChI is InChI=1S/C29H31F4NO3S2/c30-18-2-4-19(5-3-18)34-15-17(1-6-25(31)32)26(33)39-23-12-22(37-16-29(9-10-29)27(35)36)24(11-21(23)34)38-20-13-28(14-20)7-8-28/h2-5,11-12,17,20,25-26H,1,6-10,13-16H2,(H,35,36). The second kappa shape index (κ2) is 10.4. The quantitative estimate of drug-likeness (QED) is 0.285. The van der Waals surface area contributed by atoms with Crippen molar-refractivity contribution in [3.05, 3.63) is 42.2 Å². The molecule has 3 saturated carbocycles. The van der Waals surface area contributed by atoms with Gasteiger partial charge in [-0.2, -0.15) is 0 Å². The van der Waals surface area contributed by atoms with Gasteiger partial charge in [0.05, 0.1) is 10.6 Å². The lowest BCUT2D eigenvalue weighted by Crippen LogP contribution is -2.28. The van der Waals surface area contributed by atoms with Crippen LogP contribution in [0.1, 0.15) is 51.4 Å². The van der Waals surface area contributed by atoms with Gasteiger partial charge in [0.15, 0.2) is 5.50 Å². The Labute approximate surface area is 233 Å². The van der Waals surface area contributed by atoms with E-state index in [1.165, 1.54) is 25.0 Å². The van der Waals surface area contributed by atoms with Gasteiger partial charge in [-0.05, 0) is 86.8 Å². The largest absolute Gasteiger partial charge is 0.491 e. The van der Waals surface area contributed by atoms with Crippen LogP contribution >= 0.6 is 23.5 Å². The lowest BCUT2D eigenvalue weighted by Gasteiger charge is -2.36. The zero-order valence-corrected chi connectivity index (χ0v) is 23.0. The molecule has 4 aliphatic rings. The van der Waals surface area contributed by atoms with Gasteiger partial charge in [-0.25, -0.2) is 17.6 Å². The highest BCUT2D eigenvalue weighted by atomic mass is 32.2. The second-order valence-corrected chi connectivity index (χ2v) is 14.0. The van der Waals surface area contributed by atoms with Gasteiger partial charge >= 0.3 is 5.97 Å². The van der Waals surface area contributed by atoms with Gasteiger partial charge in [-0.15, -0.1) is 11.8 Å². The Bertz CT molecular complexity index is 1230. The first kappa shape index (κ1) is 27.1. The van der Waals surface area contributed by atoms with Gasteiger partial charge in [-0.1, -0.05) is 11.8 Å². The van der Waals surface area contributed by atoms with Crippen molar-refractivity contribution in [3.8, 4) is 5.75 Å². The Kier molecular flexibility index (Phi) is 7.23. The minimum Gasteiger partial charge on any atom is -0.491 e. The van der Waals surface area contributed by atoms with E-state index in [0.717, 1.165) is 35.2 Å². The monoisotopic (exact) mass is 581 g/mol. The minimum absolute atomic E-state index is 0.0216. The third-order valence-electron chi connectivity index (χ3n) is 8.62. The average molecular weight is 582 g/mol. The number of carboxylic acid groups (broad SMARTS) is 1. The molecule has 1 spiro atoms. The molecular weight excluding hydrogens is 550 g/mol. The summed E-state index contributed by atoms with van der Waals surface area (Å²) in [5.41, 5.74) is -0.416. The molecule has 6 rings (SSSR count). The maximum absolute atomic E-state index is 15.6. The third kappa shape index (κ3) is 5.73. The highest BCUT2D eigenvalue weighted by molar-refractivity contribution is 8.00. The molecule has 10 heteroatoms. The number of ether oxygens (including phenoxy) is 1. The average Bonchev–Trinajstić information content (AvgIpc) is 3.79. The number of aliphatic carboxylic acids is 1. The molecule has 0 bridgehead atoms. The molecule has 210 valence electrons. The fraction of sp³-hybridized carbons (Fsp3) is 0.552. The van der Waals surface area contributed by atoms with Gasteiger partial charge in [0.25, 0.3) is 0 Å². The number of thioether (sulfide) groups is 2. The number of carbonyl (C=O) groups is 1. The summed E-state index contributed by atoms with van der Waals surface area (Å²) >= 11 is 2.70. The molecule has 3 fully saturated rings. The summed E-state index contributed by atoms with van der Waals surface area (Å²) in [5, 5.41) is 10.1. The summed E-state index contributed by atoms with van der Waals surface area (Å²) in [6.07, 6.45) is 3.04. The van der Waals surface area contributed by atoms with Crippen molar-refractivity contribution in [3.63, 3.8) is 0 Å². The minimum atomic E-state index is -2.52. The van der Waals surface area contributed by atoms with E-state index in [1.54, 1.807) is 30.0 Å². The zero-order valence-electron chi connectivity index (χ0n) is 21.4. The summed E-state index contributed by atoms with van der Waals surface area (Å²) in [7, 11) is 0. The Morgan fingerprint density at radius 1 is 1.15 bits per heavy atom. The van der Waals surface area contributed by atoms with E-state index in [9.17, 15) is 23.1 Å². The fourth-order valence-electron chi connectivity index (χ4n) is 5.64.